The maximum Gasteiger partial charge on any atom is 0.260 e. The normalized spacial score (nSPS) is 19.3. The Labute approximate surface area is 119 Å². The number of aryl methyl sites for hydroxylation is 1. The van der Waals surface area contributed by atoms with Gasteiger partial charge in [0.05, 0.1) is 5.02 Å². The molecule has 1 fully saturated rings. The van der Waals surface area contributed by atoms with Crippen LogP contribution < -0.4 is 4.74 Å². The van der Waals surface area contributed by atoms with Gasteiger partial charge in [0.15, 0.2) is 6.61 Å². The molecule has 1 heterocycles. The van der Waals surface area contributed by atoms with Crippen LogP contribution in [0.25, 0.3) is 0 Å². The molecular weight excluding hydrogens is 262 g/mol. The summed E-state index contributed by atoms with van der Waals surface area (Å²) in [5.74, 6) is 1.21. The van der Waals surface area contributed by atoms with Crippen molar-refractivity contribution in [1.29, 1.82) is 0 Å². The van der Waals surface area contributed by atoms with E-state index in [0.717, 1.165) is 25.1 Å². The van der Waals surface area contributed by atoms with E-state index < -0.39 is 0 Å². The van der Waals surface area contributed by atoms with Gasteiger partial charge >= 0.3 is 0 Å². The maximum atomic E-state index is 12.1. The van der Waals surface area contributed by atoms with Crippen LogP contribution in [0.3, 0.4) is 0 Å². The first kappa shape index (κ1) is 14.2. The van der Waals surface area contributed by atoms with Gasteiger partial charge in [-0.15, -0.1) is 0 Å². The number of amides is 1. The molecule has 1 aliphatic rings. The largest absolute Gasteiger partial charge is 0.482 e. The van der Waals surface area contributed by atoms with Gasteiger partial charge in [-0.25, -0.2) is 0 Å². The molecule has 1 aromatic rings. The Morgan fingerprint density at radius 2 is 2.32 bits per heavy atom. The second-order valence-corrected chi connectivity index (χ2v) is 5.72. The highest BCUT2D eigenvalue weighted by atomic mass is 35.5. The van der Waals surface area contributed by atoms with Crippen molar-refractivity contribution in [3.8, 4) is 5.75 Å². The number of likely N-dealkylation sites (tertiary alicyclic amines) is 1. The lowest BCUT2D eigenvalue weighted by Gasteiger charge is -2.30. The average Bonchev–Trinajstić information content (AvgIpc) is 2.39. The van der Waals surface area contributed by atoms with Gasteiger partial charge in [0, 0.05) is 13.1 Å². The van der Waals surface area contributed by atoms with Crippen LogP contribution in [0, 0.1) is 12.8 Å². The molecule has 19 heavy (non-hydrogen) atoms. The van der Waals surface area contributed by atoms with Crippen molar-refractivity contribution in [2.24, 2.45) is 5.92 Å². The lowest BCUT2D eigenvalue weighted by atomic mass is 10.0. The van der Waals surface area contributed by atoms with Crippen molar-refractivity contribution in [2.45, 2.75) is 26.7 Å². The van der Waals surface area contributed by atoms with Crippen molar-refractivity contribution >= 4 is 17.5 Å². The molecule has 1 unspecified atom stereocenters. The van der Waals surface area contributed by atoms with Crippen molar-refractivity contribution < 1.29 is 9.53 Å². The van der Waals surface area contributed by atoms with E-state index in [2.05, 4.69) is 6.92 Å². The molecule has 0 saturated carbocycles. The first-order chi connectivity index (χ1) is 9.06. The summed E-state index contributed by atoms with van der Waals surface area (Å²) in [5.41, 5.74) is 1.07. The standard InChI is InChI=1S/C15H20ClNO2/c1-11-5-6-13(16)14(8-11)19-10-15(18)17-7-3-4-12(2)9-17/h5-6,8,12H,3-4,7,9-10H2,1-2H3. The molecule has 1 amide bonds. The fraction of sp³-hybridized carbons (Fsp3) is 0.533. The van der Waals surface area contributed by atoms with Crippen LogP contribution >= 0.6 is 11.6 Å². The van der Waals surface area contributed by atoms with Crippen LogP contribution in [-0.4, -0.2) is 30.5 Å². The van der Waals surface area contributed by atoms with E-state index in [0.29, 0.717) is 16.7 Å². The quantitative estimate of drug-likeness (QED) is 0.851. The lowest BCUT2D eigenvalue weighted by Crippen LogP contribution is -2.41. The highest BCUT2D eigenvalue weighted by Crippen LogP contribution is 2.25. The molecule has 0 bridgehead atoms. The number of carbonyl (C=O) groups is 1. The van der Waals surface area contributed by atoms with Crippen LogP contribution in [0.2, 0.25) is 5.02 Å². The number of ether oxygens (including phenoxy) is 1. The number of carbonyl (C=O) groups excluding carboxylic acids is 1. The van der Waals surface area contributed by atoms with Crippen LogP contribution in [0.5, 0.6) is 5.75 Å². The van der Waals surface area contributed by atoms with E-state index in [1.165, 1.54) is 6.42 Å². The summed E-state index contributed by atoms with van der Waals surface area (Å²) in [6.07, 6.45) is 2.28. The van der Waals surface area contributed by atoms with Crippen molar-refractivity contribution in [2.75, 3.05) is 19.7 Å². The second-order valence-electron chi connectivity index (χ2n) is 5.31. The van der Waals surface area contributed by atoms with Gasteiger partial charge < -0.3 is 9.64 Å². The highest BCUT2D eigenvalue weighted by molar-refractivity contribution is 6.32. The van der Waals surface area contributed by atoms with E-state index in [-0.39, 0.29) is 12.5 Å². The van der Waals surface area contributed by atoms with Gasteiger partial charge in [-0.1, -0.05) is 24.6 Å². The number of benzene rings is 1. The summed E-state index contributed by atoms with van der Waals surface area (Å²) in [6, 6.07) is 5.57. The molecule has 1 atom stereocenters. The van der Waals surface area contributed by atoms with E-state index in [4.69, 9.17) is 16.3 Å². The minimum Gasteiger partial charge on any atom is -0.482 e. The maximum absolute atomic E-state index is 12.1. The molecule has 4 heteroatoms. The van der Waals surface area contributed by atoms with Crippen molar-refractivity contribution in [3.63, 3.8) is 0 Å². The Morgan fingerprint density at radius 1 is 1.53 bits per heavy atom. The molecule has 1 aromatic carbocycles. The number of piperidine rings is 1. The smallest absolute Gasteiger partial charge is 0.260 e. The Bertz CT molecular complexity index is 461. The Morgan fingerprint density at radius 3 is 3.05 bits per heavy atom. The summed E-state index contributed by atoms with van der Waals surface area (Å²) >= 11 is 6.04. The first-order valence-corrected chi connectivity index (χ1v) is 7.11. The zero-order valence-corrected chi connectivity index (χ0v) is 12.2. The van der Waals surface area contributed by atoms with Gasteiger partial charge in [-0.2, -0.15) is 0 Å². The van der Waals surface area contributed by atoms with Crippen molar-refractivity contribution in [1.82, 2.24) is 4.90 Å². The minimum absolute atomic E-state index is 0.0455. The molecule has 0 spiro atoms. The summed E-state index contributed by atoms with van der Waals surface area (Å²) < 4.78 is 5.54. The third kappa shape index (κ3) is 3.87. The SMILES string of the molecule is Cc1ccc(Cl)c(OCC(=O)N2CCCC(C)C2)c1. The minimum atomic E-state index is 0.0455. The number of rotatable bonds is 3. The van der Waals surface area contributed by atoms with Gasteiger partial charge in [0.2, 0.25) is 0 Å². The number of hydrogen-bond donors (Lipinski definition) is 0. The molecule has 2 rings (SSSR count). The summed E-state index contributed by atoms with van der Waals surface area (Å²) in [7, 11) is 0. The zero-order valence-electron chi connectivity index (χ0n) is 11.5. The molecule has 0 aliphatic carbocycles. The van der Waals surface area contributed by atoms with Crippen LogP contribution in [-0.2, 0) is 4.79 Å². The third-order valence-electron chi connectivity index (χ3n) is 3.45. The first-order valence-electron chi connectivity index (χ1n) is 6.73. The van der Waals surface area contributed by atoms with Gasteiger partial charge in [0.25, 0.3) is 5.91 Å². The molecule has 1 aliphatic heterocycles. The van der Waals surface area contributed by atoms with E-state index in [9.17, 15) is 4.79 Å². The van der Waals surface area contributed by atoms with E-state index >= 15 is 0 Å². The Balaban J connectivity index is 1.91. The highest BCUT2D eigenvalue weighted by Gasteiger charge is 2.21. The Kier molecular flexibility index (Phi) is 4.70. The van der Waals surface area contributed by atoms with E-state index in [1.807, 2.05) is 24.0 Å². The topological polar surface area (TPSA) is 29.5 Å². The van der Waals surface area contributed by atoms with Gasteiger partial charge in [0.1, 0.15) is 5.75 Å². The van der Waals surface area contributed by atoms with E-state index in [1.54, 1.807) is 6.07 Å². The zero-order chi connectivity index (χ0) is 13.8. The number of hydrogen-bond acceptors (Lipinski definition) is 2. The Hall–Kier alpha value is -1.22. The molecule has 1 saturated heterocycles. The monoisotopic (exact) mass is 281 g/mol. The average molecular weight is 282 g/mol. The molecular formula is C15H20ClNO2. The third-order valence-corrected chi connectivity index (χ3v) is 3.76. The molecule has 104 valence electrons. The van der Waals surface area contributed by atoms with Crippen LogP contribution in [0.1, 0.15) is 25.3 Å². The number of halogens is 1. The molecule has 3 nitrogen and oxygen atoms in total. The summed E-state index contributed by atoms with van der Waals surface area (Å²) in [4.78, 5) is 14.0. The predicted octanol–water partition coefficient (Wildman–Crippen LogP) is 3.29. The molecule has 0 aromatic heterocycles. The fourth-order valence-electron chi connectivity index (χ4n) is 2.37. The lowest BCUT2D eigenvalue weighted by molar-refractivity contribution is -0.135. The fourth-order valence-corrected chi connectivity index (χ4v) is 2.54. The van der Waals surface area contributed by atoms with Crippen molar-refractivity contribution in [3.05, 3.63) is 28.8 Å². The molecule has 0 N–H and O–H groups in total. The van der Waals surface area contributed by atoms with Gasteiger partial charge in [-0.3, -0.25) is 4.79 Å². The predicted molar refractivity (Wildman–Crippen MR) is 76.7 cm³/mol. The summed E-state index contributed by atoms with van der Waals surface area (Å²) in [5, 5.41) is 0.547. The number of nitrogens with zero attached hydrogens (tertiary/aromatic N) is 1. The second kappa shape index (κ2) is 6.29. The summed E-state index contributed by atoms with van der Waals surface area (Å²) in [6.45, 7) is 5.89. The molecule has 0 radical (unpaired) electrons. The van der Waals surface area contributed by atoms with Crippen LogP contribution in [0.15, 0.2) is 18.2 Å². The van der Waals surface area contributed by atoms with Crippen LogP contribution in [0.4, 0.5) is 0 Å². The van der Waals surface area contributed by atoms with Gasteiger partial charge in [-0.05, 0) is 43.4 Å².